The van der Waals surface area contributed by atoms with E-state index in [0.29, 0.717) is 19.0 Å². The maximum atomic E-state index is 11.1. The molecule has 110 valence electrons. The van der Waals surface area contributed by atoms with Gasteiger partial charge in [-0.3, -0.25) is 9.69 Å². The minimum Gasteiger partial charge on any atom is -0.480 e. The summed E-state index contributed by atoms with van der Waals surface area (Å²) >= 11 is 0. The topological polar surface area (TPSA) is 55.8 Å². The van der Waals surface area contributed by atoms with Gasteiger partial charge in [0.2, 0.25) is 0 Å². The van der Waals surface area contributed by atoms with Crippen LogP contribution in [0.1, 0.15) is 32.6 Å². The van der Waals surface area contributed by atoms with Crippen molar-refractivity contribution in [3.63, 3.8) is 0 Å². The number of nitrogens with one attached hydrogen (secondary N) is 1. The van der Waals surface area contributed by atoms with Gasteiger partial charge in [-0.25, -0.2) is 0 Å². The molecule has 3 atom stereocenters. The second-order valence-corrected chi connectivity index (χ2v) is 5.88. The van der Waals surface area contributed by atoms with Crippen LogP contribution in [0, 0.1) is 0 Å². The van der Waals surface area contributed by atoms with Gasteiger partial charge in [-0.15, -0.1) is 0 Å². The van der Waals surface area contributed by atoms with Gasteiger partial charge in [-0.2, -0.15) is 0 Å². The highest BCUT2D eigenvalue weighted by Crippen LogP contribution is 2.28. The molecule has 2 aliphatic rings. The summed E-state index contributed by atoms with van der Waals surface area (Å²) in [5.74, 6) is -0.727. The van der Waals surface area contributed by atoms with E-state index in [1.807, 2.05) is 6.92 Å². The molecule has 0 aromatic rings. The first-order valence-corrected chi connectivity index (χ1v) is 7.52. The number of carboxylic acids is 1. The van der Waals surface area contributed by atoms with Gasteiger partial charge in [0.05, 0.1) is 0 Å². The molecule has 0 amide bonds. The van der Waals surface area contributed by atoms with Crippen molar-refractivity contribution in [1.82, 2.24) is 15.1 Å². The molecule has 0 aliphatic carbocycles. The number of aliphatic carboxylic acids is 1. The quantitative estimate of drug-likeness (QED) is 0.740. The summed E-state index contributed by atoms with van der Waals surface area (Å²) < 4.78 is 0. The summed E-state index contributed by atoms with van der Waals surface area (Å²) in [5.41, 5.74) is 0. The molecule has 2 bridgehead atoms. The zero-order valence-corrected chi connectivity index (χ0v) is 12.1. The Labute approximate surface area is 115 Å². The zero-order chi connectivity index (χ0) is 13.8. The van der Waals surface area contributed by atoms with Crippen LogP contribution in [0.25, 0.3) is 0 Å². The van der Waals surface area contributed by atoms with Crippen LogP contribution in [-0.2, 0) is 4.79 Å². The fourth-order valence-corrected chi connectivity index (χ4v) is 3.45. The third-order valence-corrected chi connectivity index (χ3v) is 4.72. The largest absolute Gasteiger partial charge is 0.480 e. The summed E-state index contributed by atoms with van der Waals surface area (Å²) in [7, 11) is 2.24. The van der Waals surface area contributed by atoms with Crippen LogP contribution in [0.15, 0.2) is 0 Å². The average molecular weight is 269 g/mol. The standard InChI is InChI=1S/C14H27N3O2/c1-3-15-13(14(18)19)7-9-17-8-6-11-4-5-12(10-17)16(11)2/h11-13,15H,3-10H2,1-2H3,(H,18,19). The SMILES string of the molecule is CCNC(CCN1CCC2CCC(C1)N2C)C(=O)O. The number of rotatable bonds is 6. The number of nitrogens with zero attached hydrogens (tertiary/aromatic N) is 2. The Bertz CT molecular complexity index is 311. The van der Waals surface area contributed by atoms with Crippen molar-refractivity contribution in [2.45, 2.75) is 50.7 Å². The highest BCUT2D eigenvalue weighted by Gasteiger charge is 2.34. The maximum absolute atomic E-state index is 11.1. The number of hydrogen-bond donors (Lipinski definition) is 2. The highest BCUT2D eigenvalue weighted by molar-refractivity contribution is 5.73. The van der Waals surface area contributed by atoms with Gasteiger partial charge in [0.25, 0.3) is 0 Å². The van der Waals surface area contributed by atoms with E-state index in [1.165, 1.54) is 19.3 Å². The van der Waals surface area contributed by atoms with Gasteiger partial charge in [0, 0.05) is 25.2 Å². The lowest BCUT2D eigenvalue weighted by molar-refractivity contribution is -0.139. The van der Waals surface area contributed by atoms with E-state index in [9.17, 15) is 4.79 Å². The van der Waals surface area contributed by atoms with Crippen molar-refractivity contribution in [1.29, 1.82) is 0 Å². The Hall–Kier alpha value is -0.650. The zero-order valence-electron chi connectivity index (χ0n) is 12.1. The molecule has 19 heavy (non-hydrogen) atoms. The lowest BCUT2D eigenvalue weighted by Crippen LogP contribution is -2.42. The van der Waals surface area contributed by atoms with Crippen LogP contribution in [0.2, 0.25) is 0 Å². The molecule has 2 rings (SSSR count). The Kier molecular flexibility index (Phi) is 5.19. The monoisotopic (exact) mass is 269 g/mol. The second kappa shape index (κ2) is 6.68. The van der Waals surface area contributed by atoms with E-state index >= 15 is 0 Å². The molecule has 2 fully saturated rings. The summed E-state index contributed by atoms with van der Waals surface area (Å²) in [6, 6.07) is 1.03. The molecule has 5 heteroatoms. The molecule has 0 saturated carbocycles. The molecule has 2 heterocycles. The minimum absolute atomic E-state index is 0.400. The number of likely N-dealkylation sites (N-methyl/N-ethyl adjacent to an activating group) is 2. The first-order valence-electron chi connectivity index (χ1n) is 7.52. The minimum atomic E-state index is -0.727. The van der Waals surface area contributed by atoms with Crippen LogP contribution in [0.3, 0.4) is 0 Å². The predicted molar refractivity (Wildman–Crippen MR) is 75.3 cm³/mol. The van der Waals surface area contributed by atoms with E-state index in [2.05, 4.69) is 22.2 Å². The first-order chi connectivity index (χ1) is 9.11. The molecule has 2 N–H and O–H groups in total. The highest BCUT2D eigenvalue weighted by atomic mass is 16.4. The molecular weight excluding hydrogens is 242 g/mol. The van der Waals surface area contributed by atoms with Crippen LogP contribution >= 0.6 is 0 Å². The Balaban J connectivity index is 1.81. The Morgan fingerprint density at radius 3 is 2.79 bits per heavy atom. The Morgan fingerprint density at radius 2 is 2.11 bits per heavy atom. The van der Waals surface area contributed by atoms with Gasteiger partial charge in [0.1, 0.15) is 6.04 Å². The third kappa shape index (κ3) is 3.68. The number of hydrogen-bond acceptors (Lipinski definition) is 4. The van der Waals surface area contributed by atoms with Crippen molar-refractivity contribution < 1.29 is 9.90 Å². The summed E-state index contributed by atoms with van der Waals surface area (Å²) in [4.78, 5) is 16.1. The van der Waals surface area contributed by atoms with E-state index < -0.39 is 12.0 Å². The van der Waals surface area contributed by atoms with E-state index in [0.717, 1.165) is 25.7 Å². The van der Waals surface area contributed by atoms with Crippen LogP contribution in [-0.4, -0.2) is 72.2 Å². The number of fused-ring (bicyclic) bond motifs is 2. The van der Waals surface area contributed by atoms with Crippen molar-refractivity contribution in [3.8, 4) is 0 Å². The molecule has 5 nitrogen and oxygen atoms in total. The molecule has 2 saturated heterocycles. The van der Waals surface area contributed by atoms with Gasteiger partial charge in [0.15, 0.2) is 0 Å². The van der Waals surface area contributed by atoms with Crippen LogP contribution < -0.4 is 5.32 Å². The smallest absolute Gasteiger partial charge is 0.320 e. The van der Waals surface area contributed by atoms with Crippen molar-refractivity contribution >= 4 is 5.97 Å². The molecule has 0 aromatic heterocycles. The van der Waals surface area contributed by atoms with Crippen molar-refractivity contribution in [2.75, 3.05) is 33.2 Å². The number of likely N-dealkylation sites (tertiary alicyclic amines) is 1. The molecule has 0 aromatic carbocycles. The van der Waals surface area contributed by atoms with Gasteiger partial charge >= 0.3 is 5.97 Å². The fourth-order valence-electron chi connectivity index (χ4n) is 3.45. The van der Waals surface area contributed by atoms with Gasteiger partial charge in [-0.05, 0) is 45.8 Å². The lowest BCUT2D eigenvalue weighted by atomic mass is 10.1. The molecule has 0 radical (unpaired) electrons. The first kappa shape index (κ1) is 14.8. The number of carbonyl (C=O) groups is 1. The fraction of sp³-hybridized carbons (Fsp3) is 0.929. The summed E-state index contributed by atoms with van der Waals surface area (Å²) in [6.07, 6.45) is 4.56. The summed E-state index contributed by atoms with van der Waals surface area (Å²) in [5, 5.41) is 12.2. The normalized spacial score (nSPS) is 30.2. The van der Waals surface area contributed by atoms with Crippen molar-refractivity contribution in [2.24, 2.45) is 0 Å². The number of carboxylic acid groups (broad SMARTS) is 1. The molecule has 2 aliphatic heterocycles. The van der Waals surface area contributed by atoms with Gasteiger partial charge in [-0.1, -0.05) is 6.92 Å². The Morgan fingerprint density at radius 1 is 1.37 bits per heavy atom. The summed E-state index contributed by atoms with van der Waals surface area (Å²) in [6.45, 7) is 5.77. The lowest BCUT2D eigenvalue weighted by Gasteiger charge is -2.26. The van der Waals surface area contributed by atoms with Crippen molar-refractivity contribution in [3.05, 3.63) is 0 Å². The van der Waals surface area contributed by atoms with E-state index in [4.69, 9.17) is 5.11 Å². The van der Waals surface area contributed by atoms with E-state index in [-0.39, 0.29) is 0 Å². The molecular formula is C14H27N3O2. The third-order valence-electron chi connectivity index (χ3n) is 4.72. The predicted octanol–water partition coefficient (Wildman–Crippen LogP) is 0.608. The van der Waals surface area contributed by atoms with E-state index in [1.54, 1.807) is 0 Å². The molecule has 3 unspecified atom stereocenters. The average Bonchev–Trinajstić information content (AvgIpc) is 2.60. The van der Waals surface area contributed by atoms with Gasteiger partial charge < -0.3 is 15.3 Å². The molecule has 0 spiro atoms. The van der Waals surface area contributed by atoms with Crippen LogP contribution in [0.4, 0.5) is 0 Å². The van der Waals surface area contributed by atoms with Crippen LogP contribution in [0.5, 0.6) is 0 Å². The maximum Gasteiger partial charge on any atom is 0.320 e. The second-order valence-electron chi connectivity index (χ2n) is 5.88.